The first-order valence-corrected chi connectivity index (χ1v) is 6.85. The number of nitrogens with zero attached hydrogens (tertiary/aromatic N) is 4. The number of aryl methyl sites for hydroxylation is 1. The zero-order chi connectivity index (χ0) is 13.8. The highest BCUT2D eigenvalue weighted by Crippen LogP contribution is 2.17. The number of hydrogen-bond donors (Lipinski definition) is 1. The highest BCUT2D eigenvalue weighted by Gasteiger charge is 2.16. The maximum Gasteiger partial charge on any atom is 0.0946 e. The Morgan fingerprint density at radius 1 is 1.37 bits per heavy atom. The number of nitrogens with one attached hydrogen (secondary N) is 1. The van der Waals surface area contributed by atoms with Crippen LogP contribution >= 0.6 is 0 Å². The highest BCUT2D eigenvalue weighted by atomic mass is 15.3. The summed E-state index contributed by atoms with van der Waals surface area (Å²) in [6.07, 6.45) is 6.69. The van der Waals surface area contributed by atoms with Gasteiger partial charge in [-0.2, -0.15) is 5.10 Å². The molecule has 0 saturated heterocycles. The summed E-state index contributed by atoms with van der Waals surface area (Å²) in [5.74, 6) is 0. The Morgan fingerprint density at radius 2 is 2.16 bits per heavy atom. The summed E-state index contributed by atoms with van der Waals surface area (Å²) < 4.78 is 4.06. The van der Waals surface area contributed by atoms with E-state index < -0.39 is 0 Å². The lowest BCUT2D eigenvalue weighted by molar-refractivity contribution is 0.494. The van der Waals surface area contributed by atoms with Crippen molar-refractivity contribution in [1.82, 2.24) is 24.6 Å². The summed E-state index contributed by atoms with van der Waals surface area (Å²) in [5, 5.41) is 8.12. The summed E-state index contributed by atoms with van der Waals surface area (Å²) in [4.78, 5) is 4.20. The third-order valence-corrected chi connectivity index (χ3v) is 3.27. The van der Waals surface area contributed by atoms with Crippen LogP contribution in [0.25, 0.3) is 0 Å². The zero-order valence-corrected chi connectivity index (χ0v) is 12.2. The molecule has 0 bridgehead atoms. The van der Waals surface area contributed by atoms with Gasteiger partial charge < -0.3 is 9.88 Å². The Morgan fingerprint density at radius 3 is 2.68 bits per heavy atom. The lowest BCUT2D eigenvalue weighted by Gasteiger charge is -2.17. The van der Waals surface area contributed by atoms with Crippen LogP contribution in [0.3, 0.4) is 0 Å². The molecule has 1 atom stereocenters. The van der Waals surface area contributed by atoms with Gasteiger partial charge in [0.05, 0.1) is 23.8 Å². The molecule has 0 aliphatic heterocycles. The number of imidazole rings is 1. The van der Waals surface area contributed by atoms with E-state index in [2.05, 4.69) is 46.8 Å². The second-order valence-electron chi connectivity index (χ2n) is 5.12. The predicted octanol–water partition coefficient (Wildman–Crippen LogP) is 2.09. The van der Waals surface area contributed by atoms with E-state index in [9.17, 15) is 0 Å². The van der Waals surface area contributed by atoms with Gasteiger partial charge in [-0.15, -0.1) is 0 Å². The van der Waals surface area contributed by atoms with Crippen molar-refractivity contribution >= 4 is 0 Å². The topological polar surface area (TPSA) is 47.7 Å². The molecule has 0 saturated carbocycles. The van der Waals surface area contributed by atoms with Gasteiger partial charge in [0.1, 0.15) is 0 Å². The van der Waals surface area contributed by atoms with Crippen molar-refractivity contribution in [2.75, 3.05) is 6.54 Å². The average Bonchev–Trinajstić information content (AvgIpc) is 2.97. The maximum absolute atomic E-state index is 4.62. The molecule has 1 N–H and O–H groups in total. The fourth-order valence-electron chi connectivity index (χ4n) is 2.21. The van der Waals surface area contributed by atoms with Crippen molar-refractivity contribution in [3.8, 4) is 0 Å². The van der Waals surface area contributed by atoms with Gasteiger partial charge in [-0.05, 0) is 26.5 Å². The van der Waals surface area contributed by atoms with Gasteiger partial charge in [-0.25, -0.2) is 4.98 Å². The highest BCUT2D eigenvalue weighted by molar-refractivity contribution is 5.11. The first-order valence-electron chi connectivity index (χ1n) is 6.85. The molecule has 0 spiro atoms. The van der Waals surface area contributed by atoms with Gasteiger partial charge in [0.2, 0.25) is 0 Å². The minimum atomic E-state index is 0.257. The van der Waals surface area contributed by atoms with Gasteiger partial charge in [-0.3, -0.25) is 4.68 Å². The van der Waals surface area contributed by atoms with E-state index in [0.717, 1.165) is 18.7 Å². The fourth-order valence-corrected chi connectivity index (χ4v) is 2.21. The smallest absolute Gasteiger partial charge is 0.0946 e. The molecule has 0 aliphatic carbocycles. The summed E-state index contributed by atoms with van der Waals surface area (Å²) >= 11 is 0. The van der Waals surface area contributed by atoms with Crippen molar-refractivity contribution in [2.24, 2.45) is 7.05 Å². The Kier molecular flexibility index (Phi) is 4.37. The Labute approximate surface area is 114 Å². The van der Waals surface area contributed by atoms with E-state index in [1.54, 1.807) is 0 Å². The van der Waals surface area contributed by atoms with Crippen LogP contribution in [-0.4, -0.2) is 25.9 Å². The fraction of sp³-hybridized carbons (Fsp3) is 0.571. The molecule has 2 aromatic rings. The summed E-state index contributed by atoms with van der Waals surface area (Å²) in [6.45, 7) is 7.33. The standard InChI is InChI=1S/C14H23N5/c1-5-16-13(14-9-15-10-18(14)4)8-12-6-7-19(17-12)11(2)3/h6-7,9-11,13,16H,5,8H2,1-4H3. The molecule has 0 fully saturated rings. The third-order valence-electron chi connectivity index (χ3n) is 3.27. The molecule has 5 heteroatoms. The third kappa shape index (κ3) is 3.23. The molecule has 1 unspecified atom stereocenters. The van der Waals surface area contributed by atoms with Crippen molar-refractivity contribution in [3.05, 3.63) is 36.2 Å². The molecule has 5 nitrogen and oxygen atoms in total. The van der Waals surface area contributed by atoms with Crippen LogP contribution in [0.4, 0.5) is 0 Å². The predicted molar refractivity (Wildman–Crippen MR) is 75.9 cm³/mol. The second kappa shape index (κ2) is 6.02. The molecule has 0 radical (unpaired) electrons. The van der Waals surface area contributed by atoms with Gasteiger partial charge in [-0.1, -0.05) is 6.92 Å². The summed E-state index contributed by atoms with van der Waals surface area (Å²) in [5.41, 5.74) is 2.31. The Bertz CT molecular complexity index is 511. The van der Waals surface area contributed by atoms with Gasteiger partial charge >= 0.3 is 0 Å². The Hall–Kier alpha value is -1.62. The van der Waals surface area contributed by atoms with Crippen molar-refractivity contribution in [3.63, 3.8) is 0 Å². The minimum Gasteiger partial charge on any atom is -0.336 e. The molecule has 2 heterocycles. The molecule has 104 valence electrons. The van der Waals surface area contributed by atoms with E-state index in [-0.39, 0.29) is 6.04 Å². The maximum atomic E-state index is 4.62. The van der Waals surface area contributed by atoms with E-state index in [0.29, 0.717) is 6.04 Å². The Balaban J connectivity index is 2.14. The van der Waals surface area contributed by atoms with E-state index in [4.69, 9.17) is 0 Å². The van der Waals surface area contributed by atoms with Crippen LogP contribution < -0.4 is 5.32 Å². The molecular formula is C14H23N5. The number of hydrogen-bond acceptors (Lipinski definition) is 3. The number of aromatic nitrogens is 4. The number of likely N-dealkylation sites (N-methyl/N-ethyl adjacent to an activating group) is 1. The first-order chi connectivity index (χ1) is 9.11. The minimum absolute atomic E-state index is 0.257. The quantitative estimate of drug-likeness (QED) is 0.866. The molecule has 2 rings (SSSR count). The van der Waals surface area contributed by atoms with Crippen LogP contribution in [0.1, 0.15) is 44.2 Å². The monoisotopic (exact) mass is 261 g/mol. The number of rotatable bonds is 6. The van der Waals surface area contributed by atoms with Gasteiger partial charge in [0, 0.05) is 31.9 Å². The summed E-state index contributed by atoms with van der Waals surface area (Å²) in [6, 6.07) is 2.76. The van der Waals surface area contributed by atoms with Crippen molar-refractivity contribution in [2.45, 2.75) is 39.3 Å². The van der Waals surface area contributed by atoms with E-state index >= 15 is 0 Å². The van der Waals surface area contributed by atoms with Crippen LogP contribution in [0, 0.1) is 0 Å². The lowest BCUT2D eigenvalue weighted by atomic mass is 10.1. The zero-order valence-electron chi connectivity index (χ0n) is 12.2. The van der Waals surface area contributed by atoms with E-state index in [1.165, 1.54) is 5.69 Å². The largest absolute Gasteiger partial charge is 0.336 e. The van der Waals surface area contributed by atoms with Crippen LogP contribution in [0.5, 0.6) is 0 Å². The van der Waals surface area contributed by atoms with Gasteiger partial charge in [0.25, 0.3) is 0 Å². The molecular weight excluding hydrogens is 238 g/mol. The molecule has 2 aromatic heterocycles. The van der Waals surface area contributed by atoms with Crippen molar-refractivity contribution in [1.29, 1.82) is 0 Å². The SMILES string of the molecule is CCNC(Cc1ccn(C(C)C)n1)c1cncn1C. The van der Waals surface area contributed by atoms with E-state index in [1.807, 2.05) is 30.5 Å². The summed E-state index contributed by atoms with van der Waals surface area (Å²) in [7, 11) is 2.03. The van der Waals surface area contributed by atoms with Crippen LogP contribution in [0.2, 0.25) is 0 Å². The van der Waals surface area contributed by atoms with Crippen molar-refractivity contribution < 1.29 is 0 Å². The molecule has 19 heavy (non-hydrogen) atoms. The molecule has 0 amide bonds. The second-order valence-corrected chi connectivity index (χ2v) is 5.12. The van der Waals surface area contributed by atoms with Crippen LogP contribution in [-0.2, 0) is 13.5 Å². The molecule has 0 aromatic carbocycles. The first kappa shape index (κ1) is 13.8. The average molecular weight is 261 g/mol. The lowest BCUT2D eigenvalue weighted by Crippen LogP contribution is -2.25. The molecule has 0 aliphatic rings. The normalized spacial score (nSPS) is 13.1. The van der Waals surface area contributed by atoms with Crippen LogP contribution in [0.15, 0.2) is 24.8 Å². The van der Waals surface area contributed by atoms with Gasteiger partial charge in [0.15, 0.2) is 0 Å².